The zero-order valence-corrected chi connectivity index (χ0v) is 8.49. The van der Waals surface area contributed by atoms with Crippen LogP contribution in [0.3, 0.4) is 0 Å². The highest BCUT2D eigenvalue weighted by atomic mass is 16.3. The first kappa shape index (κ1) is 10.3. The van der Waals surface area contributed by atoms with Crippen LogP contribution in [-0.2, 0) is 6.42 Å². The molecule has 0 amide bonds. The van der Waals surface area contributed by atoms with E-state index in [0.717, 1.165) is 19.3 Å². The van der Waals surface area contributed by atoms with Gasteiger partial charge in [0, 0.05) is 6.04 Å². The van der Waals surface area contributed by atoms with E-state index in [9.17, 15) is 0 Å². The molecular formula is C11H19NO. The molecule has 1 heterocycles. The van der Waals surface area contributed by atoms with Gasteiger partial charge in [0.05, 0.1) is 12.5 Å². The first-order valence-electron chi connectivity index (χ1n) is 4.95. The first-order valence-corrected chi connectivity index (χ1v) is 4.95. The van der Waals surface area contributed by atoms with E-state index < -0.39 is 0 Å². The maximum absolute atomic E-state index is 5.96. The van der Waals surface area contributed by atoms with Gasteiger partial charge in [0.25, 0.3) is 0 Å². The summed E-state index contributed by atoms with van der Waals surface area (Å²) >= 11 is 0. The largest absolute Gasteiger partial charge is 0.472 e. The molecule has 1 rings (SSSR count). The van der Waals surface area contributed by atoms with E-state index in [1.807, 2.05) is 6.07 Å². The van der Waals surface area contributed by atoms with Gasteiger partial charge in [0.15, 0.2) is 0 Å². The summed E-state index contributed by atoms with van der Waals surface area (Å²) in [5.74, 6) is 0.694. The van der Waals surface area contributed by atoms with Gasteiger partial charge in [-0.15, -0.1) is 0 Å². The monoisotopic (exact) mass is 181 g/mol. The Bertz CT molecular complexity index is 216. The van der Waals surface area contributed by atoms with E-state index in [1.54, 1.807) is 12.5 Å². The Morgan fingerprint density at radius 3 is 2.77 bits per heavy atom. The summed E-state index contributed by atoms with van der Waals surface area (Å²) in [5.41, 5.74) is 7.21. The van der Waals surface area contributed by atoms with Gasteiger partial charge in [0.2, 0.25) is 0 Å². The standard InChI is InChI=1S/C11H19NO/c1-9(2)7-11(12)4-3-10-5-6-13-8-10/h5-6,8-9,11H,3-4,7,12H2,1-2H3. The summed E-state index contributed by atoms with van der Waals surface area (Å²) in [6.07, 6.45) is 6.70. The van der Waals surface area contributed by atoms with Crippen molar-refractivity contribution in [3.8, 4) is 0 Å². The quantitative estimate of drug-likeness (QED) is 0.758. The molecule has 0 aliphatic heterocycles. The molecule has 0 spiro atoms. The van der Waals surface area contributed by atoms with Gasteiger partial charge >= 0.3 is 0 Å². The third kappa shape index (κ3) is 4.13. The maximum atomic E-state index is 5.96. The highest BCUT2D eigenvalue weighted by Gasteiger charge is 2.05. The third-order valence-electron chi connectivity index (χ3n) is 2.16. The molecule has 74 valence electrons. The SMILES string of the molecule is CC(C)CC(N)CCc1ccoc1. The van der Waals surface area contributed by atoms with Crippen LogP contribution >= 0.6 is 0 Å². The van der Waals surface area contributed by atoms with Crippen LogP contribution in [0.5, 0.6) is 0 Å². The van der Waals surface area contributed by atoms with Crippen molar-refractivity contribution in [2.45, 2.75) is 39.2 Å². The Kier molecular flexibility index (Phi) is 4.03. The summed E-state index contributed by atoms with van der Waals surface area (Å²) in [5, 5.41) is 0. The van der Waals surface area contributed by atoms with Crippen molar-refractivity contribution >= 4 is 0 Å². The highest BCUT2D eigenvalue weighted by molar-refractivity contribution is 5.05. The second kappa shape index (κ2) is 5.07. The number of hydrogen-bond donors (Lipinski definition) is 1. The van der Waals surface area contributed by atoms with Crippen LogP contribution in [0, 0.1) is 5.92 Å². The zero-order chi connectivity index (χ0) is 9.68. The third-order valence-corrected chi connectivity index (χ3v) is 2.16. The minimum atomic E-state index is 0.329. The molecule has 1 aromatic heterocycles. The van der Waals surface area contributed by atoms with Crippen LogP contribution in [0.1, 0.15) is 32.3 Å². The smallest absolute Gasteiger partial charge is 0.0934 e. The highest BCUT2D eigenvalue weighted by Crippen LogP contribution is 2.10. The molecular weight excluding hydrogens is 162 g/mol. The molecule has 0 saturated carbocycles. The van der Waals surface area contributed by atoms with Gasteiger partial charge < -0.3 is 10.2 Å². The molecule has 0 fully saturated rings. The molecule has 0 bridgehead atoms. The fourth-order valence-electron chi connectivity index (χ4n) is 1.51. The summed E-state index contributed by atoms with van der Waals surface area (Å²) in [4.78, 5) is 0. The van der Waals surface area contributed by atoms with Gasteiger partial charge in [0.1, 0.15) is 0 Å². The zero-order valence-electron chi connectivity index (χ0n) is 8.49. The fourth-order valence-corrected chi connectivity index (χ4v) is 1.51. The summed E-state index contributed by atoms with van der Waals surface area (Å²) in [7, 11) is 0. The lowest BCUT2D eigenvalue weighted by Gasteiger charge is -2.12. The number of nitrogens with two attached hydrogens (primary N) is 1. The first-order chi connectivity index (χ1) is 6.18. The van der Waals surface area contributed by atoms with E-state index in [-0.39, 0.29) is 0 Å². The Labute approximate surface area is 80.1 Å². The van der Waals surface area contributed by atoms with Crippen LogP contribution < -0.4 is 5.73 Å². The van der Waals surface area contributed by atoms with Crippen LogP contribution in [0.4, 0.5) is 0 Å². The normalized spacial score (nSPS) is 13.5. The Morgan fingerprint density at radius 2 is 2.23 bits per heavy atom. The number of rotatable bonds is 5. The van der Waals surface area contributed by atoms with Crippen LogP contribution in [0.15, 0.2) is 23.0 Å². The lowest BCUT2D eigenvalue weighted by atomic mass is 9.99. The average molecular weight is 181 g/mol. The van der Waals surface area contributed by atoms with Crippen molar-refractivity contribution in [2.24, 2.45) is 11.7 Å². The number of aryl methyl sites for hydroxylation is 1. The van der Waals surface area contributed by atoms with Gasteiger partial charge in [-0.25, -0.2) is 0 Å². The summed E-state index contributed by atoms with van der Waals surface area (Å²) in [6, 6.07) is 2.33. The van der Waals surface area contributed by atoms with Crippen LogP contribution in [0.25, 0.3) is 0 Å². The van der Waals surface area contributed by atoms with E-state index >= 15 is 0 Å². The topological polar surface area (TPSA) is 39.2 Å². The molecule has 2 heteroatoms. The minimum Gasteiger partial charge on any atom is -0.472 e. The molecule has 1 atom stereocenters. The van der Waals surface area contributed by atoms with E-state index in [2.05, 4.69) is 13.8 Å². The molecule has 0 saturated heterocycles. The number of hydrogen-bond acceptors (Lipinski definition) is 2. The number of furan rings is 1. The maximum Gasteiger partial charge on any atom is 0.0934 e. The van der Waals surface area contributed by atoms with Crippen molar-refractivity contribution in [1.82, 2.24) is 0 Å². The molecule has 0 radical (unpaired) electrons. The lowest BCUT2D eigenvalue weighted by molar-refractivity contribution is 0.472. The van der Waals surface area contributed by atoms with Gasteiger partial charge in [-0.3, -0.25) is 0 Å². The minimum absolute atomic E-state index is 0.329. The summed E-state index contributed by atoms with van der Waals surface area (Å²) < 4.78 is 4.99. The molecule has 0 aliphatic carbocycles. The molecule has 13 heavy (non-hydrogen) atoms. The van der Waals surface area contributed by atoms with Crippen molar-refractivity contribution in [3.63, 3.8) is 0 Å². The second-order valence-electron chi connectivity index (χ2n) is 4.06. The van der Waals surface area contributed by atoms with Crippen molar-refractivity contribution in [3.05, 3.63) is 24.2 Å². The van der Waals surface area contributed by atoms with Crippen LogP contribution in [-0.4, -0.2) is 6.04 Å². The second-order valence-corrected chi connectivity index (χ2v) is 4.06. The van der Waals surface area contributed by atoms with Crippen molar-refractivity contribution < 1.29 is 4.42 Å². The molecule has 1 unspecified atom stereocenters. The molecule has 1 aromatic rings. The van der Waals surface area contributed by atoms with Gasteiger partial charge in [-0.2, -0.15) is 0 Å². The Balaban J connectivity index is 2.19. The fraction of sp³-hybridized carbons (Fsp3) is 0.636. The van der Waals surface area contributed by atoms with E-state index in [0.29, 0.717) is 12.0 Å². The van der Waals surface area contributed by atoms with Gasteiger partial charge in [-0.05, 0) is 36.8 Å². The molecule has 0 aromatic carbocycles. The summed E-state index contributed by atoms with van der Waals surface area (Å²) in [6.45, 7) is 4.41. The Hall–Kier alpha value is -0.760. The molecule has 2 N–H and O–H groups in total. The van der Waals surface area contributed by atoms with Crippen LogP contribution in [0.2, 0.25) is 0 Å². The van der Waals surface area contributed by atoms with E-state index in [1.165, 1.54) is 5.56 Å². The van der Waals surface area contributed by atoms with Crippen molar-refractivity contribution in [1.29, 1.82) is 0 Å². The van der Waals surface area contributed by atoms with Crippen molar-refractivity contribution in [2.75, 3.05) is 0 Å². The predicted octanol–water partition coefficient (Wildman–Crippen LogP) is 2.59. The lowest BCUT2D eigenvalue weighted by Crippen LogP contribution is -2.22. The molecule has 0 aliphatic rings. The van der Waals surface area contributed by atoms with E-state index in [4.69, 9.17) is 10.2 Å². The average Bonchev–Trinajstić information content (AvgIpc) is 2.51. The molecule has 2 nitrogen and oxygen atoms in total. The Morgan fingerprint density at radius 1 is 1.46 bits per heavy atom. The predicted molar refractivity (Wildman–Crippen MR) is 54.5 cm³/mol. The van der Waals surface area contributed by atoms with Gasteiger partial charge in [-0.1, -0.05) is 13.8 Å².